The topological polar surface area (TPSA) is 114 Å². The minimum absolute atomic E-state index is 0.0539. The Hall–Kier alpha value is -4.80. The molecule has 1 saturated carbocycles. The largest absolute Gasteiger partial charge is 0.469 e. The highest BCUT2D eigenvalue weighted by Gasteiger charge is 2.29. The number of ether oxygens (including phenoxy) is 1. The Morgan fingerprint density at radius 1 is 1.02 bits per heavy atom. The number of aromatic nitrogens is 4. The number of imidazole rings is 1. The summed E-state index contributed by atoms with van der Waals surface area (Å²) < 4.78 is 6.87. The first-order valence-corrected chi connectivity index (χ1v) is 18.7. The lowest BCUT2D eigenvalue weighted by Crippen LogP contribution is -2.33. The second-order valence-electron chi connectivity index (χ2n) is 14.1. The van der Waals surface area contributed by atoms with Crippen molar-refractivity contribution in [1.29, 1.82) is 0 Å². The third-order valence-corrected chi connectivity index (χ3v) is 11.4. The lowest BCUT2D eigenvalue weighted by molar-refractivity contribution is -0.146. The number of benzene rings is 2. The Morgan fingerprint density at radius 3 is 2.56 bits per heavy atom. The fourth-order valence-electron chi connectivity index (χ4n) is 7.79. The van der Waals surface area contributed by atoms with Crippen LogP contribution in [0.2, 0.25) is 5.02 Å². The van der Waals surface area contributed by atoms with Crippen LogP contribution < -0.4 is 10.6 Å². The maximum atomic E-state index is 13.7. The molecule has 0 saturated heterocycles. The van der Waals surface area contributed by atoms with E-state index in [9.17, 15) is 9.59 Å². The molecule has 0 atom stereocenters. The lowest BCUT2D eigenvalue weighted by Gasteiger charge is -2.31. The summed E-state index contributed by atoms with van der Waals surface area (Å²) in [4.78, 5) is 42.2. The number of pyridine rings is 2. The molecule has 1 aliphatic carbocycles. The molecule has 0 bridgehead atoms. The van der Waals surface area contributed by atoms with Gasteiger partial charge in [-0.15, -0.1) is 0 Å². The van der Waals surface area contributed by atoms with Crippen molar-refractivity contribution in [2.24, 2.45) is 18.9 Å². The first-order chi connectivity index (χ1) is 25.2. The standard InChI is InChI=1S/C41H46ClN7O3/c1-5-26-22-29-16-19-43-38(37(29)44-23-26)45-32-10-6-8-30(25(32)2)31-9-7-11-33(36(31)42)47-40(50)39-46-34-24-49(21-18-35(34)48(39)3)20-17-27-12-14-28(15-13-27)41(51)52-4/h6-11,16,19,22-23,27-28H,5,12-15,17-18,20-21,24H2,1-4H3,(H,43,45)(H,47,50). The Balaban J connectivity index is 1.03. The highest BCUT2D eigenvalue weighted by atomic mass is 35.5. The molecule has 7 rings (SSSR count). The van der Waals surface area contributed by atoms with E-state index in [1.807, 2.05) is 67.2 Å². The molecular weight excluding hydrogens is 674 g/mol. The van der Waals surface area contributed by atoms with Crippen LogP contribution in [0.25, 0.3) is 22.0 Å². The smallest absolute Gasteiger partial charge is 0.308 e. The maximum absolute atomic E-state index is 13.7. The number of hydrogen-bond acceptors (Lipinski definition) is 8. The number of carbonyl (C=O) groups is 2. The number of nitrogens with one attached hydrogen (secondary N) is 2. The number of amides is 1. The molecule has 52 heavy (non-hydrogen) atoms. The van der Waals surface area contributed by atoms with E-state index in [0.717, 1.165) is 109 Å². The van der Waals surface area contributed by atoms with Gasteiger partial charge in [0.25, 0.3) is 5.91 Å². The van der Waals surface area contributed by atoms with E-state index in [-0.39, 0.29) is 17.8 Å². The van der Waals surface area contributed by atoms with Crippen LogP contribution in [0.4, 0.5) is 17.2 Å². The average Bonchev–Trinajstić information content (AvgIpc) is 3.50. The van der Waals surface area contributed by atoms with E-state index >= 15 is 0 Å². The van der Waals surface area contributed by atoms with Crippen molar-refractivity contribution in [2.45, 2.75) is 65.3 Å². The molecule has 4 heterocycles. The number of halogens is 1. The summed E-state index contributed by atoms with van der Waals surface area (Å²) in [6, 6.07) is 15.8. The van der Waals surface area contributed by atoms with Crippen LogP contribution in [0, 0.1) is 18.8 Å². The molecule has 2 aliphatic rings. The lowest BCUT2D eigenvalue weighted by atomic mass is 9.80. The van der Waals surface area contributed by atoms with Crippen molar-refractivity contribution in [3.05, 3.63) is 94.3 Å². The van der Waals surface area contributed by atoms with Crippen molar-refractivity contribution in [2.75, 3.05) is 30.8 Å². The molecule has 1 fully saturated rings. The summed E-state index contributed by atoms with van der Waals surface area (Å²) in [6.45, 7) is 6.80. The van der Waals surface area contributed by atoms with Gasteiger partial charge in [0.15, 0.2) is 11.6 Å². The average molecular weight is 720 g/mol. The van der Waals surface area contributed by atoms with Crippen molar-refractivity contribution >= 4 is 51.6 Å². The molecule has 0 spiro atoms. The van der Waals surface area contributed by atoms with Gasteiger partial charge in [0, 0.05) is 61.3 Å². The van der Waals surface area contributed by atoms with Gasteiger partial charge in [-0.05, 0) is 98.9 Å². The van der Waals surface area contributed by atoms with Crippen LogP contribution in [0.1, 0.15) is 72.2 Å². The highest BCUT2D eigenvalue weighted by Crippen LogP contribution is 2.39. The Labute approximate surface area is 310 Å². The molecule has 0 unspecified atom stereocenters. The third kappa shape index (κ3) is 7.27. The number of carbonyl (C=O) groups excluding carboxylic acids is 2. The first kappa shape index (κ1) is 35.6. The summed E-state index contributed by atoms with van der Waals surface area (Å²) in [5.74, 6) is 1.38. The molecule has 5 aromatic rings. The Bertz CT molecular complexity index is 2120. The van der Waals surface area contributed by atoms with E-state index < -0.39 is 0 Å². The van der Waals surface area contributed by atoms with Crippen LogP contribution in [0.3, 0.4) is 0 Å². The molecule has 3 aromatic heterocycles. The zero-order valence-electron chi connectivity index (χ0n) is 30.3. The van der Waals surface area contributed by atoms with Gasteiger partial charge in [-0.1, -0.05) is 42.8 Å². The van der Waals surface area contributed by atoms with E-state index in [4.69, 9.17) is 26.3 Å². The summed E-state index contributed by atoms with van der Waals surface area (Å²) >= 11 is 7.04. The molecule has 1 aliphatic heterocycles. The molecule has 1 amide bonds. The number of fused-ring (bicyclic) bond motifs is 2. The number of aryl methyl sites for hydroxylation is 1. The fourth-order valence-corrected chi connectivity index (χ4v) is 8.07. The zero-order valence-corrected chi connectivity index (χ0v) is 31.1. The van der Waals surface area contributed by atoms with Gasteiger partial charge in [-0.3, -0.25) is 19.5 Å². The van der Waals surface area contributed by atoms with Gasteiger partial charge in [0.1, 0.15) is 5.52 Å². The predicted molar refractivity (Wildman–Crippen MR) is 206 cm³/mol. The Kier molecular flexibility index (Phi) is 10.6. The van der Waals surface area contributed by atoms with Crippen LogP contribution >= 0.6 is 11.6 Å². The molecule has 2 N–H and O–H groups in total. The minimum Gasteiger partial charge on any atom is -0.469 e. The number of nitrogens with zero attached hydrogens (tertiary/aromatic N) is 5. The summed E-state index contributed by atoms with van der Waals surface area (Å²) in [5.41, 5.74) is 8.20. The van der Waals surface area contributed by atoms with E-state index in [1.54, 1.807) is 6.20 Å². The maximum Gasteiger partial charge on any atom is 0.308 e. The van der Waals surface area contributed by atoms with Crippen molar-refractivity contribution < 1.29 is 14.3 Å². The van der Waals surface area contributed by atoms with Crippen LogP contribution in [0.5, 0.6) is 0 Å². The van der Waals surface area contributed by atoms with Crippen molar-refractivity contribution in [1.82, 2.24) is 24.4 Å². The van der Waals surface area contributed by atoms with Crippen LogP contribution in [0.15, 0.2) is 60.9 Å². The monoisotopic (exact) mass is 719 g/mol. The van der Waals surface area contributed by atoms with Crippen LogP contribution in [-0.4, -0.2) is 56.5 Å². The molecule has 0 radical (unpaired) electrons. The molecule has 2 aromatic carbocycles. The second-order valence-corrected chi connectivity index (χ2v) is 14.5. The van der Waals surface area contributed by atoms with Gasteiger partial charge in [-0.25, -0.2) is 9.97 Å². The number of esters is 1. The van der Waals surface area contributed by atoms with E-state index in [1.165, 1.54) is 12.7 Å². The van der Waals surface area contributed by atoms with Gasteiger partial charge in [-0.2, -0.15) is 0 Å². The zero-order chi connectivity index (χ0) is 36.4. The van der Waals surface area contributed by atoms with Crippen molar-refractivity contribution in [3.8, 4) is 11.1 Å². The number of hydrogen-bond donors (Lipinski definition) is 2. The number of rotatable bonds is 10. The molecule has 270 valence electrons. The van der Waals surface area contributed by atoms with E-state index in [2.05, 4.69) is 33.5 Å². The van der Waals surface area contributed by atoms with Crippen molar-refractivity contribution in [3.63, 3.8) is 0 Å². The summed E-state index contributed by atoms with van der Waals surface area (Å²) in [7, 11) is 3.39. The highest BCUT2D eigenvalue weighted by molar-refractivity contribution is 6.36. The predicted octanol–water partition coefficient (Wildman–Crippen LogP) is 8.28. The summed E-state index contributed by atoms with van der Waals surface area (Å²) in [5, 5.41) is 8.04. The van der Waals surface area contributed by atoms with Gasteiger partial charge < -0.3 is 19.9 Å². The molecule has 11 heteroatoms. The normalized spacial score (nSPS) is 17.5. The number of methoxy groups -OCH3 is 1. The molecular formula is C41H46ClN7O3. The Morgan fingerprint density at radius 2 is 1.79 bits per heavy atom. The van der Waals surface area contributed by atoms with Crippen LogP contribution in [-0.2, 0) is 36.0 Å². The quantitative estimate of drug-likeness (QED) is 0.139. The van der Waals surface area contributed by atoms with Gasteiger partial charge >= 0.3 is 5.97 Å². The minimum atomic E-state index is -0.294. The summed E-state index contributed by atoms with van der Waals surface area (Å²) in [6.07, 6.45) is 10.5. The SMILES string of the molecule is CCc1cnc2c(Nc3cccc(-c4cccc(NC(=O)c5nc6c(n5C)CCN(CCC5CCC(C(=O)OC)CC5)C6)c4Cl)c3C)nccc2c1. The van der Waals surface area contributed by atoms with E-state index in [0.29, 0.717) is 28.3 Å². The van der Waals surface area contributed by atoms with Gasteiger partial charge in [0.05, 0.1) is 29.4 Å². The number of anilines is 3. The fraction of sp³-hybridized carbons (Fsp3) is 0.390. The third-order valence-electron chi connectivity index (χ3n) is 11.0. The molecule has 10 nitrogen and oxygen atoms in total. The first-order valence-electron chi connectivity index (χ1n) is 18.3. The second kappa shape index (κ2) is 15.4. The van der Waals surface area contributed by atoms with Gasteiger partial charge in [0.2, 0.25) is 0 Å².